The second kappa shape index (κ2) is 14.7. The fraction of sp³-hybridized carbons (Fsp3) is 0.667. The van der Waals surface area contributed by atoms with Crippen LogP contribution >= 0.6 is 21.6 Å². The van der Waals surface area contributed by atoms with Gasteiger partial charge in [0.15, 0.2) is 0 Å². The van der Waals surface area contributed by atoms with Crippen LogP contribution in [0.5, 0.6) is 0 Å². The topological polar surface area (TPSA) is 146 Å². The molecule has 2 aliphatic heterocycles. The molecule has 0 spiro atoms. The lowest BCUT2D eigenvalue weighted by Crippen LogP contribution is -2.59. The van der Waals surface area contributed by atoms with Gasteiger partial charge in [0.1, 0.15) is 24.1 Å². The number of allylic oxidation sites excluding steroid dienone is 2. The number of nitrogens with one attached hydrogen (secondary N) is 4. The number of aliphatic hydroxyl groups excluding tert-OH is 1. The molecule has 2 aliphatic rings. The fourth-order valence-electron chi connectivity index (χ4n) is 3.65. The van der Waals surface area contributed by atoms with Crippen molar-refractivity contribution >= 4 is 45.3 Å². The number of carbonyl (C=O) groups is 4. The summed E-state index contributed by atoms with van der Waals surface area (Å²) in [6, 6.07) is -2.56. The fourth-order valence-corrected chi connectivity index (χ4v) is 5.82. The van der Waals surface area contributed by atoms with Gasteiger partial charge in [0.2, 0.25) is 11.8 Å². The molecular formula is C24H38N4O6S2. The summed E-state index contributed by atoms with van der Waals surface area (Å²) in [7, 11) is 3.02. The molecule has 0 radical (unpaired) electrons. The van der Waals surface area contributed by atoms with Crippen molar-refractivity contribution in [3.8, 4) is 0 Å². The van der Waals surface area contributed by atoms with Gasteiger partial charge in [0.05, 0.1) is 18.5 Å². The quantitative estimate of drug-likeness (QED) is 0.150. The van der Waals surface area contributed by atoms with E-state index >= 15 is 0 Å². The summed E-state index contributed by atoms with van der Waals surface area (Å²) < 4.78 is 5.67. The van der Waals surface area contributed by atoms with Crippen LogP contribution in [0.2, 0.25) is 0 Å². The Morgan fingerprint density at radius 2 is 1.81 bits per heavy atom. The highest BCUT2D eigenvalue weighted by Crippen LogP contribution is 2.24. The van der Waals surface area contributed by atoms with Gasteiger partial charge >= 0.3 is 5.97 Å². The lowest BCUT2D eigenvalue weighted by Gasteiger charge is -2.31. The number of hydrogen-bond donors (Lipinski definition) is 5. The normalized spacial score (nSPS) is 31.9. The number of rotatable bonds is 2. The van der Waals surface area contributed by atoms with E-state index < -0.39 is 54.1 Å². The van der Waals surface area contributed by atoms with Crippen LogP contribution in [0.3, 0.4) is 0 Å². The summed E-state index contributed by atoms with van der Waals surface area (Å²) in [6.07, 6.45) is 3.42. The molecule has 36 heavy (non-hydrogen) atoms. The molecule has 3 amide bonds. The van der Waals surface area contributed by atoms with Gasteiger partial charge in [-0.1, -0.05) is 61.4 Å². The summed E-state index contributed by atoms with van der Waals surface area (Å²) >= 11 is 0. The zero-order valence-electron chi connectivity index (χ0n) is 21.4. The Morgan fingerprint density at radius 3 is 2.44 bits per heavy atom. The summed E-state index contributed by atoms with van der Waals surface area (Å²) in [5, 5.41) is 22.0. The van der Waals surface area contributed by atoms with Gasteiger partial charge in [-0.3, -0.25) is 19.7 Å². The number of ether oxygens (including phenoxy) is 1. The molecule has 0 aromatic rings. The molecule has 10 nitrogen and oxygen atoms in total. The molecule has 2 heterocycles. The molecule has 1 saturated heterocycles. The van der Waals surface area contributed by atoms with E-state index in [9.17, 15) is 24.3 Å². The predicted molar refractivity (Wildman–Crippen MR) is 142 cm³/mol. The second-order valence-corrected chi connectivity index (χ2v) is 12.0. The molecule has 2 rings (SSSR count). The monoisotopic (exact) mass is 542 g/mol. The van der Waals surface area contributed by atoms with Gasteiger partial charge in [-0.25, -0.2) is 4.79 Å². The van der Waals surface area contributed by atoms with Gasteiger partial charge in [-0.15, -0.1) is 0 Å². The molecule has 5 N–H and O–H groups in total. The standard InChI is InChI=1S/C24H38N4O6S2/c1-6-16-21(30)28-20(14(4)5)24(33)34-15-9-7-8-10-35-36-12-17(22(31)25-16)26-23(32)19(13(2)3)27-18(29)11-15/h6-7,9,13-15,17,19-20,23,26,32H,8,10-12H2,1-5H3,(H,25,31)(H,27,29)(H,28,30)/b9-7+,16-6-/t15-,17-,19-,20?,23?/m1/s1. The van der Waals surface area contributed by atoms with Crippen molar-refractivity contribution in [2.75, 3.05) is 11.5 Å². The van der Waals surface area contributed by atoms with Crippen LogP contribution in [0.25, 0.3) is 0 Å². The molecule has 12 heteroatoms. The van der Waals surface area contributed by atoms with Crippen LogP contribution < -0.4 is 21.3 Å². The number of carbonyl (C=O) groups excluding carboxylic acids is 4. The SMILES string of the molecule is C/C=C1\NC(=O)[C@H]2CSSCC/C=C/[C@H](CC(=O)N[C@H](C(C)C)C(O)N2)OC(=O)C(C(C)C)NC1=O. The minimum Gasteiger partial charge on any atom is -0.456 e. The summed E-state index contributed by atoms with van der Waals surface area (Å²) in [5.41, 5.74) is -0.0149. The van der Waals surface area contributed by atoms with Crippen LogP contribution in [0, 0.1) is 11.8 Å². The highest BCUT2D eigenvalue weighted by atomic mass is 33.1. The van der Waals surface area contributed by atoms with E-state index in [4.69, 9.17) is 4.74 Å². The van der Waals surface area contributed by atoms with Crippen molar-refractivity contribution in [1.82, 2.24) is 21.3 Å². The van der Waals surface area contributed by atoms with Crippen LogP contribution in [-0.4, -0.2) is 70.8 Å². The molecule has 0 saturated carbocycles. The average Bonchev–Trinajstić information content (AvgIpc) is 2.81. The van der Waals surface area contributed by atoms with Gasteiger partial charge in [-0.05, 0) is 31.3 Å². The Hall–Kier alpha value is -2.02. The van der Waals surface area contributed by atoms with Crippen LogP contribution in [-0.2, 0) is 23.9 Å². The third-order valence-corrected chi connectivity index (χ3v) is 8.21. The van der Waals surface area contributed by atoms with Crippen LogP contribution in [0.4, 0.5) is 0 Å². The van der Waals surface area contributed by atoms with E-state index in [2.05, 4.69) is 21.3 Å². The zero-order chi connectivity index (χ0) is 26.8. The van der Waals surface area contributed by atoms with Gasteiger partial charge in [0.25, 0.3) is 5.91 Å². The molecule has 0 aliphatic carbocycles. The van der Waals surface area contributed by atoms with E-state index in [1.807, 2.05) is 19.9 Å². The Morgan fingerprint density at radius 1 is 1.08 bits per heavy atom. The maximum atomic E-state index is 13.2. The van der Waals surface area contributed by atoms with Gasteiger partial charge in [0, 0.05) is 11.5 Å². The second-order valence-electron chi connectivity index (χ2n) is 9.39. The van der Waals surface area contributed by atoms with Crippen LogP contribution in [0.1, 0.15) is 47.5 Å². The zero-order valence-corrected chi connectivity index (χ0v) is 23.0. The first-order chi connectivity index (χ1) is 17.0. The Bertz CT molecular complexity index is 864. The maximum absolute atomic E-state index is 13.2. The van der Waals surface area contributed by atoms with Gasteiger partial charge in [-0.2, -0.15) is 0 Å². The predicted octanol–water partition coefficient (Wildman–Crippen LogP) is 1.22. The number of esters is 1. The molecular weight excluding hydrogens is 504 g/mol. The smallest absolute Gasteiger partial charge is 0.329 e. The third kappa shape index (κ3) is 9.13. The number of hydrogen-bond acceptors (Lipinski definition) is 9. The van der Waals surface area contributed by atoms with E-state index in [1.54, 1.807) is 37.6 Å². The van der Waals surface area contributed by atoms with Crippen molar-refractivity contribution in [2.24, 2.45) is 11.8 Å². The molecule has 0 aromatic carbocycles. The first-order valence-corrected chi connectivity index (χ1v) is 14.6. The van der Waals surface area contributed by atoms with Gasteiger partial charge < -0.3 is 25.8 Å². The molecule has 1 fully saturated rings. The number of aliphatic hydroxyl groups is 1. The highest BCUT2D eigenvalue weighted by molar-refractivity contribution is 8.76. The Kier molecular flexibility index (Phi) is 12.3. The van der Waals surface area contributed by atoms with Crippen LogP contribution in [0.15, 0.2) is 23.9 Å². The van der Waals surface area contributed by atoms with Crippen molar-refractivity contribution in [1.29, 1.82) is 0 Å². The van der Waals surface area contributed by atoms with E-state index in [1.165, 1.54) is 16.9 Å². The van der Waals surface area contributed by atoms with E-state index in [-0.39, 0.29) is 24.0 Å². The van der Waals surface area contributed by atoms with E-state index in [0.29, 0.717) is 12.2 Å². The van der Waals surface area contributed by atoms with Crippen molar-refractivity contribution in [3.63, 3.8) is 0 Å². The Labute approximate surface area is 220 Å². The largest absolute Gasteiger partial charge is 0.456 e. The summed E-state index contributed by atoms with van der Waals surface area (Å²) in [4.78, 5) is 52.2. The highest BCUT2D eigenvalue weighted by Gasteiger charge is 2.33. The number of fused-ring (bicyclic) bond motifs is 7. The molecule has 2 unspecified atom stereocenters. The Balaban J connectivity index is 2.54. The molecule has 0 aromatic heterocycles. The lowest BCUT2D eigenvalue weighted by molar-refractivity contribution is -0.153. The first-order valence-electron chi connectivity index (χ1n) is 12.2. The molecule has 2 bridgehead atoms. The molecule has 202 valence electrons. The van der Waals surface area contributed by atoms with Crippen molar-refractivity contribution < 1.29 is 29.0 Å². The average molecular weight is 543 g/mol. The van der Waals surface area contributed by atoms with E-state index in [0.717, 1.165) is 5.75 Å². The third-order valence-electron chi connectivity index (χ3n) is 5.76. The molecule has 5 atom stereocenters. The minimum absolute atomic E-state index is 0.0149. The summed E-state index contributed by atoms with van der Waals surface area (Å²) in [6.45, 7) is 8.82. The van der Waals surface area contributed by atoms with Crippen molar-refractivity contribution in [3.05, 3.63) is 23.9 Å². The lowest BCUT2D eigenvalue weighted by atomic mass is 10.0. The maximum Gasteiger partial charge on any atom is 0.329 e. The summed E-state index contributed by atoms with van der Waals surface area (Å²) in [5.74, 6) is -1.67. The number of amides is 3. The van der Waals surface area contributed by atoms with Crippen molar-refractivity contribution in [2.45, 2.75) is 77.9 Å². The first kappa shape index (κ1) is 30.2. The minimum atomic E-state index is -1.24.